The summed E-state index contributed by atoms with van der Waals surface area (Å²) in [6.45, 7) is 4.24. The van der Waals surface area contributed by atoms with Crippen LogP contribution in [0.3, 0.4) is 0 Å². The Labute approximate surface area is 147 Å². The predicted molar refractivity (Wildman–Crippen MR) is 88.8 cm³/mol. The largest absolute Gasteiger partial charge is 0.327 e. The average Bonchev–Trinajstić information content (AvgIpc) is 2.86. The summed E-state index contributed by atoms with van der Waals surface area (Å²) in [6, 6.07) is 15.9. The van der Waals surface area contributed by atoms with Crippen LogP contribution in [0.5, 0.6) is 0 Å². The molecule has 0 atom stereocenters. The van der Waals surface area contributed by atoms with Gasteiger partial charge < -0.3 is 4.57 Å². The Balaban J connectivity index is 0.00000156. The van der Waals surface area contributed by atoms with Gasteiger partial charge in [-0.1, -0.05) is 22.9 Å². The van der Waals surface area contributed by atoms with Gasteiger partial charge in [0, 0.05) is 38.2 Å². The van der Waals surface area contributed by atoms with Crippen molar-refractivity contribution < 1.29 is 20.1 Å². The topological polar surface area (TPSA) is 41.6 Å². The maximum absolute atomic E-state index is 9.32. The zero-order valence-electron chi connectivity index (χ0n) is 13.1. The summed E-state index contributed by atoms with van der Waals surface area (Å²) < 4.78 is 1.88. The van der Waals surface area contributed by atoms with Crippen molar-refractivity contribution in [3.8, 4) is 6.07 Å². The van der Waals surface area contributed by atoms with Crippen LogP contribution in [0, 0.1) is 31.2 Å². The summed E-state index contributed by atoms with van der Waals surface area (Å²) in [5.74, 6) is 0.430. The number of benzene rings is 3. The molecule has 0 bridgehead atoms. The van der Waals surface area contributed by atoms with E-state index in [4.69, 9.17) is 0 Å². The summed E-state index contributed by atoms with van der Waals surface area (Å²) in [5.41, 5.74) is 4.36. The summed E-state index contributed by atoms with van der Waals surface area (Å²) >= 11 is 0. The fourth-order valence-corrected chi connectivity index (χ4v) is 3.17. The maximum atomic E-state index is 9.32. The van der Waals surface area contributed by atoms with Crippen LogP contribution in [-0.2, 0) is 27.2 Å². The standard InChI is InChI=1S/C19H14N3.Ir/c1-11-8-15-13-6-4-5-7-14(13)18-19(16(15)9-12(11)2)22(3)17(10-20)21-18;/h4-6,8-9H,1-3H3;/q-1;. The molecule has 0 saturated carbocycles. The molecule has 0 aliphatic carbocycles. The molecule has 1 heterocycles. The van der Waals surface area contributed by atoms with Crippen LogP contribution in [0.4, 0.5) is 0 Å². The van der Waals surface area contributed by atoms with Crippen molar-refractivity contribution in [1.29, 1.82) is 5.26 Å². The molecule has 0 spiro atoms. The fraction of sp³-hybridized carbons (Fsp3) is 0.158. The molecule has 0 fully saturated rings. The normalized spacial score (nSPS) is 10.9. The third-order valence-corrected chi connectivity index (χ3v) is 4.47. The van der Waals surface area contributed by atoms with Gasteiger partial charge in [0.15, 0.2) is 0 Å². The Morgan fingerprint density at radius 1 is 1.13 bits per heavy atom. The van der Waals surface area contributed by atoms with Gasteiger partial charge in [0.1, 0.15) is 6.07 Å². The molecule has 3 aromatic carbocycles. The molecular formula is C19H14IrN3-. The number of aromatic nitrogens is 2. The zero-order valence-corrected chi connectivity index (χ0v) is 15.5. The van der Waals surface area contributed by atoms with Crippen LogP contribution in [0.25, 0.3) is 32.6 Å². The molecule has 0 saturated heterocycles. The van der Waals surface area contributed by atoms with E-state index in [1.54, 1.807) is 0 Å². The van der Waals surface area contributed by atoms with E-state index >= 15 is 0 Å². The Morgan fingerprint density at radius 2 is 1.83 bits per heavy atom. The van der Waals surface area contributed by atoms with Crippen molar-refractivity contribution in [3.05, 3.63) is 53.3 Å². The van der Waals surface area contributed by atoms with E-state index in [9.17, 15) is 5.26 Å². The second-order valence-corrected chi connectivity index (χ2v) is 5.74. The number of fused-ring (bicyclic) bond motifs is 6. The number of aryl methyl sites for hydroxylation is 3. The van der Waals surface area contributed by atoms with Crippen molar-refractivity contribution in [2.24, 2.45) is 7.05 Å². The third kappa shape index (κ3) is 2.09. The van der Waals surface area contributed by atoms with Crippen LogP contribution in [-0.4, -0.2) is 9.55 Å². The van der Waals surface area contributed by atoms with Gasteiger partial charge in [-0.05, 0) is 30.4 Å². The van der Waals surface area contributed by atoms with Gasteiger partial charge in [0.2, 0.25) is 5.82 Å². The van der Waals surface area contributed by atoms with Crippen LogP contribution >= 0.6 is 0 Å². The number of imidazole rings is 1. The van der Waals surface area contributed by atoms with E-state index in [0.29, 0.717) is 5.82 Å². The smallest absolute Gasteiger partial charge is 0.203 e. The molecule has 3 nitrogen and oxygen atoms in total. The van der Waals surface area contributed by atoms with Crippen LogP contribution in [0.2, 0.25) is 0 Å². The van der Waals surface area contributed by atoms with Gasteiger partial charge in [0.05, 0.1) is 0 Å². The molecular weight excluding hydrogens is 462 g/mol. The van der Waals surface area contributed by atoms with E-state index < -0.39 is 0 Å². The van der Waals surface area contributed by atoms with E-state index in [-0.39, 0.29) is 20.1 Å². The first-order chi connectivity index (χ1) is 10.6. The minimum absolute atomic E-state index is 0. The minimum Gasteiger partial charge on any atom is -0.327 e. The molecule has 0 N–H and O–H groups in total. The summed E-state index contributed by atoms with van der Waals surface area (Å²) in [6.07, 6.45) is 0. The molecule has 23 heavy (non-hydrogen) atoms. The van der Waals surface area contributed by atoms with Gasteiger partial charge in [-0.25, -0.2) is 0 Å². The second-order valence-electron chi connectivity index (χ2n) is 5.74. The van der Waals surface area contributed by atoms with Crippen molar-refractivity contribution in [2.45, 2.75) is 13.8 Å². The fourth-order valence-electron chi connectivity index (χ4n) is 3.17. The summed E-state index contributed by atoms with van der Waals surface area (Å²) in [5, 5.41) is 13.8. The number of nitrogens with zero attached hydrogens (tertiary/aromatic N) is 3. The van der Waals surface area contributed by atoms with Crippen LogP contribution in [0.15, 0.2) is 30.3 Å². The molecule has 4 rings (SSSR count). The Hall–Kier alpha value is -2.21. The number of hydrogen-bond donors (Lipinski definition) is 0. The van der Waals surface area contributed by atoms with Gasteiger partial charge in [-0.3, -0.25) is 4.98 Å². The van der Waals surface area contributed by atoms with Crippen molar-refractivity contribution >= 4 is 32.6 Å². The van der Waals surface area contributed by atoms with Gasteiger partial charge in [-0.2, -0.15) is 5.26 Å². The predicted octanol–water partition coefficient (Wildman–Crippen LogP) is 4.17. The van der Waals surface area contributed by atoms with E-state index in [2.05, 4.69) is 49.2 Å². The quantitative estimate of drug-likeness (QED) is 0.283. The van der Waals surface area contributed by atoms with Gasteiger partial charge in [-0.15, -0.1) is 29.7 Å². The van der Waals surface area contributed by atoms with Gasteiger partial charge >= 0.3 is 0 Å². The molecule has 0 unspecified atom stereocenters. The molecule has 1 aromatic heterocycles. The molecule has 0 aliphatic heterocycles. The van der Waals surface area contributed by atoms with Crippen molar-refractivity contribution in [2.75, 3.05) is 0 Å². The van der Waals surface area contributed by atoms with Crippen molar-refractivity contribution in [1.82, 2.24) is 9.55 Å². The summed E-state index contributed by atoms with van der Waals surface area (Å²) in [7, 11) is 1.90. The molecule has 115 valence electrons. The number of hydrogen-bond acceptors (Lipinski definition) is 2. The first-order valence-electron chi connectivity index (χ1n) is 7.21. The number of nitriles is 1. The molecule has 4 aromatic rings. The van der Waals surface area contributed by atoms with Gasteiger partial charge in [0.25, 0.3) is 0 Å². The molecule has 0 amide bonds. The third-order valence-electron chi connectivity index (χ3n) is 4.47. The van der Waals surface area contributed by atoms with E-state index in [1.807, 2.05) is 23.7 Å². The zero-order chi connectivity index (χ0) is 15.4. The first kappa shape index (κ1) is 15.7. The van der Waals surface area contributed by atoms with Crippen molar-refractivity contribution in [3.63, 3.8) is 0 Å². The molecule has 1 radical (unpaired) electrons. The molecule has 0 aliphatic rings. The van der Waals surface area contributed by atoms with E-state index in [0.717, 1.165) is 27.2 Å². The minimum atomic E-state index is 0. The molecule has 4 heteroatoms. The van der Waals surface area contributed by atoms with E-state index in [1.165, 1.54) is 16.5 Å². The second kappa shape index (κ2) is 5.45. The SMILES string of the molecule is Cc1cc2c3ccc[c-]c3c3nc(C#N)n(C)c3c2cc1C.[Ir]. The Kier molecular flexibility index (Phi) is 3.72. The monoisotopic (exact) mass is 477 g/mol. The van der Waals surface area contributed by atoms with Crippen LogP contribution < -0.4 is 0 Å². The Morgan fingerprint density at radius 3 is 2.52 bits per heavy atom. The first-order valence-corrected chi connectivity index (χ1v) is 7.21. The Bertz CT molecular complexity index is 1120. The van der Waals surface area contributed by atoms with Crippen LogP contribution in [0.1, 0.15) is 17.0 Å². The maximum Gasteiger partial charge on any atom is 0.203 e. The summed E-state index contributed by atoms with van der Waals surface area (Å²) in [4.78, 5) is 4.53. The average molecular weight is 477 g/mol. The number of rotatable bonds is 0.